The van der Waals surface area contributed by atoms with Crippen LogP contribution < -0.4 is 9.62 Å². The molecular weight excluding hydrogens is 402 g/mol. The molecule has 0 bridgehead atoms. The van der Waals surface area contributed by atoms with E-state index in [0.29, 0.717) is 6.54 Å². The van der Waals surface area contributed by atoms with E-state index in [1.807, 2.05) is 4.72 Å². The number of benzene rings is 2. The van der Waals surface area contributed by atoms with E-state index in [1.54, 1.807) is 24.1 Å². The van der Waals surface area contributed by atoms with E-state index >= 15 is 0 Å². The largest absolute Gasteiger partial charge is 0.340 e. The van der Waals surface area contributed by atoms with Gasteiger partial charge in [0.2, 0.25) is 5.95 Å². The first-order valence-corrected chi connectivity index (χ1v) is 9.83. The van der Waals surface area contributed by atoms with E-state index in [4.69, 9.17) is 0 Å². The molecule has 3 aromatic rings. The molecule has 0 saturated carbocycles. The Labute approximate surface area is 166 Å². The van der Waals surface area contributed by atoms with Gasteiger partial charge in [0, 0.05) is 19.2 Å². The molecule has 0 aliphatic carbocycles. The molecule has 0 aliphatic rings. The number of nitrogens with one attached hydrogen (secondary N) is 1. The maximum absolute atomic E-state index is 13.0. The van der Waals surface area contributed by atoms with Crippen molar-refractivity contribution in [2.45, 2.75) is 11.4 Å². The second-order valence-corrected chi connectivity index (χ2v) is 7.83. The molecule has 0 saturated heterocycles. The fourth-order valence-corrected chi connectivity index (χ4v) is 3.28. The third kappa shape index (κ3) is 5.11. The number of aromatic nitrogens is 2. The lowest BCUT2D eigenvalue weighted by molar-refractivity contribution is 0.0981. The number of hydrogen-bond acceptors (Lipinski definition) is 6. The molecule has 0 atom stereocenters. The van der Waals surface area contributed by atoms with Crippen LogP contribution in [0, 0.1) is 11.6 Å². The van der Waals surface area contributed by atoms with Gasteiger partial charge in [-0.1, -0.05) is 12.1 Å². The molecule has 3 rings (SSSR count). The lowest BCUT2D eigenvalue weighted by Gasteiger charge is -2.17. The maximum Gasteiger partial charge on any atom is 0.267 e. The quantitative estimate of drug-likeness (QED) is 0.661. The van der Waals surface area contributed by atoms with E-state index in [1.165, 1.54) is 24.3 Å². The van der Waals surface area contributed by atoms with Crippen LogP contribution in [0.25, 0.3) is 0 Å². The molecule has 1 aromatic heterocycles. The molecule has 2 aromatic carbocycles. The number of carbonyl (C=O) groups is 1. The van der Waals surface area contributed by atoms with Crippen molar-refractivity contribution in [1.29, 1.82) is 0 Å². The van der Waals surface area contributed by atoms with Gasteiger partial charge in [-0.25, -0.2) is 31.9 Å². The molecule has 0 unspecified atom stereocenters. The standard InChI is InChI=1S/C19H16F2N4O3S/c1-25(12-13-2-6-15(20)7-3-13)19-22-10-17(11-23-19)29(27,28)24-18(26)14-4-8-16(21)9-5-14/h2-11H,12H2,1H3,(H,24,26). The van der Waals surface area contributed by atoms with Crippen LogP contribution in [0.3, 0.4) is 0 Å². The summed E-state index contributed by atoms with van der Waals surface area (Å²) in [6, 6.07) is 10.4. The van der Waals surface area contributed by atoms with Crippen LogP contribution in [0.5, 0.6) is 0 Å². The molecule has 0 aliphatic heterocycles. The van der Waals surface area contributed by atoms with Crippen LogP contribution in [0.4, 0.5) is 14.7 Å². The van der Waals surface area contributed by atoms with Crippen molar-refractivity contribution in [3.05, 3.63) is 83.7 Å². The Morgan fingerprint density at radius 3 is 2.03 bits per heavy atom. The first-order valence-electron chi connectivity index (χ1n) is 8.35. The monoisotopic (exact) mass is 418 g/mol. The Bertz CT molecular complexity index is 1100. The molecule has 0 spiro atoms. The summed E-state index contributed by atoms with van der Waals surface area (Å²) in [5, 5.41) is 0. The van der Waals surface area contributed by atoms with E-state index in [2.05, 4.69) is 9.97 Å². The van der Waals surface area contributed by atoms with Gasteiger partial charge in [0.1, 0.15) is 16.5 Å². The smallest absolute Gasteiger partial charge is 0.267 e. The summed E-state index contributed by atoms with van der Waals surface area (Å²) in [6.45, 7) is 0.383. The molecule has 10 heteroatoms. The molecule has 150 valence electrons. The lowest BCUT2D eigenvalue weighted by Crippen LogP contribution is -2.31. The Morgan fingerprint density at radius 1 is 0.966 bits per heavy atom. The summed E-state index contributed by atoms with van der Waals surface area (Å²) in [6.07, 6.45) is 2.15. The van der Waals surface area contributed by atoms with Crippen LogP contribution in [0.15, 0.2) is 65.8 Å². The first-order chi connectivity index (χ1) is 13.7. The molecule has 1 N–H and O–H groups in total. The second-order valence-electron chi connectivity index (χ2n) is 6.14. The predicted molar refractivity (Wildman–Crippen MR) is 102 cm³/mol. The number of nitrogens with zero attached hydrogens (tertiary/aromatic N) is 3. The SMILES string of the molecule is CN(Cc1ccc(F)cc1)c1ncc(S(=O)(=O)NC(=O)c2ccc(F)cc2)cn1. The van der Waals surface area contributed by atoms with Crippen LogP contribution in [0.1, 0.15) is 15.9 Å². The van der Waals surface area contributed by atoms with Crippen molar-refractivity contribution < 1.29 is 22.0 Å². The third-order valence-corrected chi connectivity index (χ3v) is 5.22. The third-order valence-electron chi connectivity index (χ3n) is 3.93. The first kappa shape index (κ1) is 20.3. The summed E-state index contributed by atoms with van der Waals surface area (Å²) in [5.74, 6) is -1.54. The molecule has 1 heterocycles. The number of halogens is 2. The Morgan fingerprint density at radius 2 is 1.48 bits per heavy atom. The second kappa shape index (κ2) is 8.31. The van der Waals surface area contributed by atoms with Gasteiger partial charge in [-0.3, -0.25) is 4.79 Å². The van der Waals surface area contributed by atoms with E-state index in [-0.39, 0.29) is 22.2 Å². The van der Waals surface area contributed by atoms with Crippen molar-refractivity contribution in [3.63, 3.8) is 0 Å². The summed E-state index contributed by atoms with van der Waals surface area (Å²) in [5.41, 5.74) is 0.812. The molecule has 1 amide bonds. The zero-order valence-electron chi connectivity index (χ0n) is 15.2. The van der Waals surface area contributed by atoms with Crippen LogP contribution in [0.2, 0.25) is 0 Å². The van der Waals surface area contributed by atoms with E-state index in [9.17, 15) is 22.0 Å². The topological polar surface area (TPSA) is 92.3 Å². The normalized spacial score (nSPS) is 11.1. The molecule has 7 nitrogen and oxygen atoms in total. The Hall–Kier alpha value is -3.40. The van der Waals surface area contributed by atoms with Crippen LogP contribution in [-0.2, 0) is 16.6 Å². The van der Waals surface area contributed by atoms with Crippen LogP contribution >= 0.6 is 0 Å². The summed E-state index contributed by atoms with van der Waals surface area (Å²) in [7, 11) is -2.50. The van der Waals surface area contributed by atoms with Crippen LogP contribution in [-0.4, -0.2) is 31.3 Å². The van der Waals surface area contributed by atoms with Gasteiger partial charge >= 0.3 is 0 Å². The van der Waals surface area contributed by atoms with Gasteiger partial charge in [-0.2, -0.15) is 0 Å². The van der Waals surface area contributed by atoms with Crippen molar-refractivity contribution in [2.24, 2.45) is 0 Å². The average molecular weight is 418 g/mol. The fourth-order valence-electron chi connectivity index (χ4n) is 2.42. The maximum atomic E-state index is 13.0. The number of sulfonamides is 1. The van der Waals surface area contributed by atoms with Gasteiger partial charge in [0.25, 0.3) is 15.9 Å². The van der Waals surface area contributed by atoms with Crippen molar-refractivity contribution in [1.82, 2.24) is 14.7 Å². The minimum Gasteiger partial charge on any atom is -0.340 e. The lowest BCUT2D eigenvalue weighted by atomic mass is 10.2. The van der Waals surface area contributed by atoms with Gasteiger partial charge in [0.05, 0.1) is 12.4 Å². The van der Waals surface area contributed by atoms with Gasteiger partial charge in [0.15, 0.2) is 0 Å². The zero-order valence-corrected chi connectivity index (χ0v) is 16.0. The highest BCUT2D eigenvalue weighted by Crippen LogP contribution is 2.14. The highest BCUT2D eigenvalue weighted by Gasteiger charge is 2.20. The molecule has 29 heavy (non-hydrogen) atoms. The number of amides is 1. The molecule has 0 radical (unpaired) electrons. The van der Waals surface area contributed by atoms with Crippen molar-refractivity contribution in [2.75, 3.05) is 11.9 Å². The van der Waals surface area contributed by atoms with Crippen molar-refractivity contribution in [3.8, 4) is 0 Å². The van der Waals surface area contributed by atoms with E-state index < -0.39 is 21.7 Å². The van der Waals surface area contributed by atoms with E-state index in [0.717, 1.165) is 30.1 Å². The van der Waals surface area contributed by atoms with Gasteiger partial charge in [-0.05, 0) is 42.0 Å². The van der Waals surface area contributed by atoms with Crippen molar-refractivity contribution >= 4 is 21.9 Å². The summed E-state index contributed by atoms with van der Waals surface area (Å²) in [4.78, 5) is 21.4. The molecular formula is C19H16F2N4O3S. The highest BCUT2D eigenvalue weighted by molar-refractivity contribution is 7.90. The Balaban J connectivity index is 1.70. The molecule has 0 fully saturated rings. The fraction of sp³-hybridized carbons (Fsp3) is 0.105. The number of anilines is 1. The van der Waals surface area contributed by atoms with Gasteiger partial charge < -0.3 is 4.90 Å². The highest BCUT2D eigenvalue weighted by atomic mass is 32.2. The predicted octanol–water partition coefficient (Wildman–Crippen LogP) is 2.51. The number of carbonyl (C=O) groups excluding carboxylic acids is 1. The zero-order chi connectivity index (χ0) is 21.0. The minimum atomic E-state index is -4.20. The Kier molecular flexibility index (Phi) is 5.83. The number of rotatable bonds is 6. The van der Waals surface area contributed by atoms with Gasteiger partial charge in [-0.15, -0.1) is 0 Å². The summed E-state index contributed by atoms with van der Waals surface area (Å²) >= 11 is 0. The summed E-state index contributed by atoms with van der Waals surface area (Å²) < 4.78 is 52.5. The number of hydrogen-bond donors (Lipinski definition) is 1. The average Bonchev–Trinajstić information content (AvgIpc) is 2.70. The minimum absolute atomic E-state index is 0.00783.